The highest BCUT2D eigenvalue weighted by atomic mass is 35.5. The van der Waals surface area contributed by atoms with Gasteiger partial charge >= 0.3 is 0 Å². The predicted molar refractivity (Wildman–Crippen MR) is 119 cm³/mol. The normalized spacial score (nSPS) is 11.7. The molecule has 1 heterocycles. The van der Waals surface area contributed by atoms with E-state index in [2.05, 4.69) is 20.8 Å². The van der Waals surface area contributed by atoms with Crippen LogP contribution in [-0.4, -0.2) is 32.3 Å². The zero-order chi connectivity index (χ0) is 21.7. The van der Waals surface area contributed by atoms with Crippen LogP contribution in [0.4, 0.5) is 5.69 Å². The van der Waals surface area contributed by atoms with Crippen LogP contribution in [-0.2, 0) is 11.8 Å². The minimum Gasteiger partial charge on any atom is -0.342 e. The zero-order valence-corrected chi connectivity index (χ0v) is 18.6. The molecular formula is C20H19Cl2N5O2S. The molecule has 3 rings (SSSR count). The summed E-state index contributed by atoms with van der Waals surface area (Å²) in [4.78, 5) is 24.6. The van der Waals surface area contributed by atoms with Crippen molar-refractivity contribution in [3.63, 3.8) is 0 Å². The second kappa shape index (κ2) is 9.97. The Labute approximate surface area is 188 Å². The summed E-state index contributed by atoms with van der Waals surface area (Å²) in [5.41, 5.74) is 1.09. The molecule has 0 unspecified atom stereocenters. The number of hydrogen-bond donors (Lipinski definition) is 2. The van der Waals surface area contributed by atoms with Crippen LogP contribution in [0.3, 0.4) is 0 Å². The number of amides is 2. The highest BCUT2D eigenvalue weighted by molar-refractivity contribution is 7.99. The van der Waals surface area contributed by atoms with Crippen LogP contribution in [0.5, 0.6) is 0 Å². The van der Waals surface area contributed by atoms with Crippen LogP contribution in [0.25, 0.3) is 0 Å². The number of nitrogens with zero attached hydrogens (tertiary/aromatic N) is 3. The molecule has 0 fully saturated rings. The summed E-state index contributed by atoms with van der Waals surface area (Å²) < 4.78 is 1.75. The average Bonchev–Trinajstić information content (AvgIpc) is 3.06. The Bertz CT molecular complexity index is 1040. The second-order valence-electron chi connectivity index (χ2n) is 6.46. The summed E-state index contributed by atoms with van der Waals surface area (Å²) in [6, 6.07) is 13.4. The van der Waals surface area contributed by atoms with E-state index in [4.69, 9.17) is 23.2 Å². The Morgan fingerprint density at radius 3 is 2.43 bits per heavy atom. The van der Waals surface area contributed by atoms with Gasteiger partial charge in [-0.3, -0.25) is 9.59 Å². The standard InChI is InChI=1S/C20H19Cl2N5O2S/c1-12(23-19(29)13-6-4-3-5-7-13)18-25-26-20(27(18)2)30-11-17(28)24-16-9-14(21)8-15(22)10-16/h3-10,12H,11H2,1-2H3,(H,23,29)(H,24,28)/t12-/m0/s1. The Morgan fingerprint density at radius 1 is 1.10 bits per heavy atom. The predicted octanol–water partition coefficient (Wildman–Crippen LogP) is 4.34. The molecule has 2 amide bonds. The third-order valence-electron chi connectivity index (χ3n) is 4.12. The van der Waals surface area contributed by atoms with E-state index < -0.39 is 0 Å². The van der Waals surface area contributed by atoms with E-state index in [1.165, 1.54) is 11.8 Å². The summed E-state index contributed by atoms with van der Waals surface area (Å²) in [6.45, 7) is 1.83. The van der Waals surface area contributed by atoms with Crippen LogP contribution in [0.1, 0.15) is 29.1 Å². The van der Waals surface area contributed by atoms with Gasteiger partial charge < -0.3 is 15.2 Å². The lowest BCUT2D eigenvalue weighted by Gasteiger charge is -2.13. The molecule has 3 aromatic rings. The highest BCUT2D eigenvalue weighted by Crippen LogP contribution is 2.23. The molecule has 0 aliphatic heterocycles. The quantitative estimate of drug-likeness (QED) is 0.508. The number of anilines is 1. The van der Waals surface area contributed by atoms with Crippen molar-refractivity contribution in [3.05, 3.63) is 70.0 Å². The summed E-state index contributed by atoms with van der Waals surface area (Å²) in [5.74, 6) is 0.290. The number of carbonyl (C=O) groups is 2. The number of hydrogen-bond acceptors (Lipinski definition) is 5. The maximum atomic E-state index is 12.3. The largest absolute Gasteiger partial charge is 0.342 e. The lowest BCUT2D eigenvalue weighted by Crippen LogP contribution is -2.28. The molecule has 10 heteroatoms. The summed E-state index contributed by atoms with van der Waals surface area (Å²) >= 11 is 13.1. The fourth-order valence-corrected chi connectivity index (χ4v) is 3.96. The lowest BCUT2D eigenvalue weighted by molar-refractivity contribution is -0.113. The van der Waals surface area contributed by atoms with E-state index in [0.29, 0.717) is 32.3 Å². The van der Waals surface area contributed by atoms with Gasteiger partial charge in [0.25, 0.3) is 5.91 Å². The number of halogens is 2. The Hall–Kier alpha value is -2.55. The van der Waals surface area contributed by atoms with Gasteiger partial charge in [-0.2, -0.15) is 0 Å². The van der Waals surface area contributed by atoms with Gasteiger partial charge in [-0.15, -0.1) is 10.2 Å². The minimum absolute atomic E-state index is 0.126. The first kappa shape index (κ1) is 22.1. The third-order valence-corrected chi connectivity index (χ3v) is 5.57. The number of nitrogens with one attached hydrogen (secondary N) is 2. The summed E-state index contributed by atoms with van der Waals surface area (Å²) in [6.07, 6.45) is 0. The molecule has 1 aromatic heterocycles. The summed E-state index contributed by atoms with van der Waals surface area (Å²) in [7, 11) is 1.79. The Morgan fingerprint density at radius 2 is 1.77 bits per heavy atom. The van der Waals surface area contributed by atoms with Crippen LogP contribution < -0.4 is 10.6 Å². The van der Waals surface area contributed by atoms with Gasteiger partial charge in [-0.1, -0.05) is 53.2 Å². The van der Waals surface area contributed by atoms with Crippen molar-refractivity contribution in [3.8, 4) is 0 Å². The third kappa shape index (κ3) is 5.75. The molecular weight excluding hydrogens is 445 g/mol. The molecule has 0 bridgehead atoms. The van der Waals surface area contributed by atoms with Gasteiger partial charge in [-0.05, 0) is 37.3 Å². The minimum atomic E-state index is -0.355. The number of aromatic nitrogens is 3. The van der Waals surface area contributed by atoms with Crippen LogP contribution in [0, 0.1) is 0 Å². The van der Waals surface area contributed by atoms with E-state index in [0.717, 1.165) is 0 Å². The van der Waals surface area contributed by atoms with Crippen LogP contribution in [0.2, 0.25) is 10.0 Å². The molecule has 1 atom stereocenters. The van der Waals surface area contributed by atoms with Crippen molar-refractivity contribution in [1.82, 2.24) is 20.1 Å². The van der Waals surface area contributed by atoms with E-state index in [9.17, 15) is 9.59 Å². The van der Waals surface area contributed by atoms with E-state index in [1.807, 2.05) is 13.0 Å². The summed E-state index contributed by atoms with van der Waals surface area (Å²) in [5, 5.41) is 15.4. The van der Waals surface area contributed by atoms with Crippen molar-refractivity contribution in [1.29, 1.82) is 0 Å². The number of benzene rings is 2. The first-order chi connectivity index (χ1) is 14.3. The van der Waals surface area contributed by atoms with Crippen molar-refractivity contribution in [2.45, 2.75) is 18.1 Å². The second-order valence-corrected chi connectivity index (χ2v) is 8.27. The smallest absolute Gasteiger partial charge is 0.251 e. The van der Waals surface area contributed by atoms with Crippen molar-refractivity contribution >= 4 is 52.5 Å². The SMILES string of the molecule is C[C@H](NC(=O)c1ccccc1)c1nnc(SCC(=O)Nc2cc(Cl)cc(Cl)c2)n1C. The van der Waals surface area contributed by atoms with Crippen LogP contribution >= 0.6 is 35.0 Å². The highest BCUT2D eigenvalue weighted by Gasteiger charge is 2.19. The first-order valence-corrected chi connectivity index (χ1v) is 10.7. The van der Waals surface area contributed by atoms with Gasteiger partial charge in [0.05, 0.1) is 11.8 Å². The van der Waals surface area contributed by atoms with Crippen molar-refractivity contribution in [2.24, 2.45) is 7.05 Å². The molecule has 0 saturated heterocycles. The first-order valence-electron chi connectivity index (χ1n) is 8.97. The molecule has 0 saturated carbocycles. The Balaban J connectivity index is 1.58. The molecule has 0 radical (unpaired) electrons. The van der Waals surface area contributed by atoms with Crippen molar-refractivity contribution < 1.29 is 9.59 Å². The maximum absolute atomic E-state index is 12.3. The molecule has 30 heavy (non-hydrogen) atoms. The number of thioether (sulfide) groups is 1. The van der Waals surface area contributed by atoms with Gasteiger partial charge in [0.2, 0.25) is 5.91 Å². The average molecular weight is 464 g/mol. The molecule has 2 N–H and O–H groups in total. The number of carbonyl (C=O) groups excluding carboxylic acids is 2. The molecule has 156 valence electrons. The van der Waals surface area contributed by atoms with E-state index in [-0.39, 0.29) is 23.6 Å². The van der Waals surface area contributed by atoms with Gasteiger partial charge in [0.1, 0.15) is 0 Å². The molecule has 2 aromatic carbocycles. The van der Waals surface area contributed by atoms with Crippen LogP contribution in [0.15, 0.2) is 53.7 Å². The maximum Gasteiger partial charge on any atom is 0.251 e. The Kier molecular flexibility index (Phi) is 7.36. The molecule has 0 aliphatic carbocycles. The molecule has 0 aliphatic rings. The monoisotopic (exact) mass is 463 g/mol. The van der Waals surface area contributed by atoms with Gasteiger partial charge in [0.15, 0.2) is 11.0 Å². The topological polar surface area (TPSA) is 88.9 Å². The lowest BCUT2D eigenvalue weighted by atomic mass is 10.2. The number of rotatable bonds is 7. The van der Waals surface area contributed by atoms with Crippen molar-refractivity contribution in [2.75, 3.05) is 11.1 Å². The van der Waals surface area contributed by atoms with E-state index in [1.54, 1.807) is 54.1 Å². The van der Waals surface area contributed by atoms with Gasteiger partial charge in [0, 0.05) is 28.3 Å². The van der Waals surface area contributed by atoms with Gasteiger partial charge in [-0.25, -0.2) is 0 Å². The molecule has 0 spiro atoms. The fraction of sp³-hybridized carbons (Fsp3) is 0.200. The molecule has 7 nitrogen and oxygen atoms in total. The fourth-order valence-electron chi connectivity index (χ4n) is 2.72. The van der Waals surface area contributed by atoms with E-state index >= 15 is 0 Å². The zero-order valence-electron chi connectivity index (χ0n) is 16.2.